The zero-order valence-electron chi connectivity index (χ0n) is 16.9. The highest BCUT2D eigenvalue weighted by Gasteiger charge is 2.19. The van der Waals surface area contributed by atoms with E-state index in [4.69, 9.17) is 17.2 Å². The van der Waals surface area contributed by atoms with Gasteiger partial charge < -0.3 is 26.8 Å². The van der Waals surface area contributed by atoms with E-state index in [0.717, 1.165) is 30.9 Å². The van der Waals surface area contributed by atoms with E-state index >= 15 is 0 Å². The summed E-state index contributed by atoms with van der Waals surface area (Å²) in [7, 11) is 0. The Bertz CT molecular complexity index is 833. The predicted molar refractivity (Wildman–Crippen MR) is 115 cm³/mol. The number of rotatable bonds is 15. The van der Waals surface area contributed by atoms with Gasteiger partial charge in [-0.15, -0.1) is 4.68 Å². The number of imidazole rings is 1. The molecule has 0 aliphatic heterocycles. The van der Waals surface area contributed by atoms with Crippen LogP contribution in [0.4, 0.5) is 5.95 Å². The lowest BCUT2D eigenvalue weighted by molar-refractivity contribution is -0.627. The molecule has 0 fully saturated rings. The van der Waals surface area contributed by atoms with Gasteiger partial charge in [-0.25, -0.2) is 10.9 Å². The maximum absolute atomic E-state index is 11.4. The molecule has 2 aromatic heterocycles. The van der Waals surface area contributed by atoms with Crippen molar-refractivity contribution in [3.05, 3.63) is 18.3 Å². The molecule has 0 aliphatic carbocycles. The number of hydrogen-bond acceptors (Lipinski definition) is 8. The van der Waals surface area contributed by atoms with Crippen LogP contribution in [0.2, 0.25) is 0 Å². The molecule has 2 heterocycles. The van der Waals surface area contributed by atoms with E-state index in [9.17, 15) is 9.59 Å². The van der Waals surface area contributed by atoms with Crippen LogP contribution in [0.25, 0.3) is 11.2 Å². The van der Waals surface area contributed by atoms with E-state index in [2.05, 4.69) is 31.2 Å². The maximum Gasteiger partial charge on any atom is 0.374 e. The molecular weight excluding hydrogens is 388 g/mol. The van der Waals surface area contributed by atoms with Gasteiger partial charge in [-0.05, 0) is 50.8 Å². The van der Waals surface area contributed by atoms with Crippen molar-refractivity contribution < 1.29 is 14.3 Å². The Morgan fingerprint density at radius 1 is 1.20 bits per heavy atom. The summed E-state index contributed by atoms with van der Waals surface area (Å²) < 4.78 is 1.70. The van der Waals surface area contributed by atoms with Crippen molar-refractivity contribution in [3.8, 4) is 0 Å². The molecular formula is C18H31N10O2+. The Balaban J connectivity index is 1.97. The molecule has 0 radical (unpaired) electrons. The summed E-state index contributed by atoms with van der Waals surface area (Å²) in [6.45, 7) is 1.06. The molecule has 2 rings (SSSR count). The van der Waals surface area contributed by atoms with Crippen LogP contribution >= 0.6 is 0 Å². The standard InChI is InChI=1S/C18H30N10O2/c19-8-2-1-5-14(12-30)27-28-10-4-7-15-16(28)24-18(23-15)26-25-13(11-29)6-3-9-22-17(20)21/h4,7,10-14,25,27H,1-3,5-6,8-9,19H2,(H5,20,21,22,23,26)/p+1/t13-,14-/m0/s1. The van der Waals surface area contributed by atoms with Gasteiger partial charge in [-0.2, -0.15) is 0 Å². The van der Waals surface area contributed by atoms with E-state index < -0.39 is 6.04 Å². The number of nitrogens with two attached hydrogens (primary N) is 3. The van der Waals surface area contributed by atoms with Crippen molar-refractivity contribution in [3.63, 3.8) is 0 Å². The minimum absolute atomic E-state index is 0.0316. The number of nitrogens with one attached hydrogen (secondary N) is 4. The first-order chi connectivity index (χ1) is 14.6. The van der Waals surface area contributed by atoms with E-state index in [1.807, 2.05) is 12.1 Å². The molecule has 2 atom stereocenters. The Morgan fingerprint density at radius 2 is 1.97 bits per heavy atom. The van der Waals surface area contributed by atoms with Crippen molar-refractivity contribution in [2.45, 2.75) is 44.2 Å². The summed E-state index contributed by atoms with van der Waals surface area (Å²) in [5.41, 5.74) is 26.4. The first kappa shape index (κ1) is 23.0. The number of nitrogens with zero attached hydrogens (tertiary/aromatic N) is 3. The van der Waals surface area contributed by atoms with Crippen LogP contribution in [0.3, 0.4) is 0 Å². The Labute approximate surface area is 174 Å². The molecule has 0 unspecified atom stereocenters. The van der Waals surface area contributed by atoms with Crippen molar-refractivity contribution in [1.29, 1.82) is 0 Å². The third-order valence-electron chi connectivity index (χ3n) is 4.38. The van der Waals surface area contributed by atoms with Gasteiger partial charge in [-0.1, -0.05) is 0 Å². The van der Waals surface area contributed by atoms with Crippen LogP contribution in [0, 0.1) is 0 Å². The largest absolute Gasteiger partial charge is 0.374 e. The number of pyridine rings is 1. The number of hydrogen-bond donors (Lipinski definition) is 7. The minimum Gasteiger partial charge on any atom is -0.370 e. The van der Waals surface area contributed by atoms with Crippen LogP contribution < -0.4 is 38.2 Å². The topological polar surface area (TPSA) is 193 Å². The molecule has 0 spiro atoms. The van der Waals surface area contributed by atoms with Crippen LogP contribution in [0.5, 0.6) is 0 Å². The van der Waals surface area contributed by atoms with E-state index in [0.29, 0.717) is 43.9 Å². The molecule has 10 N–H and O–H groups in total. The maximum atomic E-state index is 11.4. The number of carbonyl (C=O) groups excluding carboxylic acids is 2. The molecule has 0 bridgehead atoms. The van der Waals surface area contributed by atoms with Crippen molar-refractivity contribution >= 4 is 35.6 Å². The van der Waals surface area contributed by atoms with E-state index in [1.165, 1.54) is 0 Å². The first-order valence-electron chi connectivity index (χ1n) is 9.92. The summed E-state index contributed by atoms with van der Waals surface area (Å²) in [6, 6.07) is 2.93. The van der Waals surface area contributed by atoms with E-state index in [1.54, 1.807) is 10.9 Å². The lowest BCUT2D eigenvalue weighted by Crippen LogP contribution is -2.51. The molecule has 0 amide bonds. The normalized spacial score (nSPS) is 12.8. The number of guanidine groups is 1. The quantitative estimate of drug-likeness (QED) is 0.0455. The lowest BCUT2D eigenvalue weighted by Gasteiger charge is -2.11. The van der Waals surface area contributed by atoms with Crippen LogP contribution in [-0.2, 0) is 9.59 Å². The molecule has 12 nitrogen and oxygen atoms in total. The number of aldehydes is 2. The van der Waals surface area contributed by atoms with Crippen molar-refractivity contribution in [2.75, 3.05) is 23.9 Å². The van der Waals surface area contributed by atoms with Gasteiger partial charge in [0.2, 0.25) is 0 Å². The average Bonchev–Trinajstić information content (AvgIpc) is 3.16. The first-order valence-corrected chi connectivity index (χ1v) is 9.92. The molecule has 0 saturated carbocycles. The monoisotopic (exact) mass is 419 g/mol. The van der Waals surface area contributed by atoms with Crippen molar-refractivity contribution in [1.82, 2.24) is 15.4 Å². The predicted octanol–water partition coefficient (Wildman–Crippen LogP) is -1.37. The summed E-state index contributed by atoms with van der Waals surface area (Å²) >= 11 is 0. The third-order valence-corrected chi connectivity index (χ3v) is 4.38. The number of aromatic amines is 1. The number of carbonyl (C=O) groups is 2. The van der Waals surface area contributed by atoms with Gasteiger partial charge >= 0.3 is 11.6 Å². The zero-order chi connectivity index (χ0) is 21.8. The number of aliphatic imine (C=N–C) groups is 1. The van der Waals surface area contributed by atoms with Gasteiger partial charge in [0.1, 0.15) is 30.3 Å². The highest BCUT2D eigenvalue weighted by Crippen LogP contribution is 2.09. The summed E-state index contributed by atoms with van der Waals surface area (Å²) in [6.07, 6.45) is 7.09. The molecule has 30 heavy (non-hydrogen) atoms. The molecule has 0 saturated heterocycles. The third kappa shape index (κ3) is 7.29. The summed E-state index contributed by atoms with van der Waals surface area (Å²) in [5, 5.41) is 0. The van der Waals surface area contributed by atoms with Gasteiger partial charge in [0, 0.05) is 11.5 Å². The van der Waals surface area contributed by atoms with Gasteiger partial charge in [0.25, 0.3) is 0 Å². The second kappa shape index (κ2) is 12.3. The Hall–Kier alpha value is -3.25. The van der Waals surface area contributed by atoms with Gasteiger partial charge in [-0.3, -0.25) is 15.4 Å². The Kier molecular flexibility index (Phi) is 9.48. The van der Waals surface area contributed by atoms with Gasteiger partial charge in [0.05, 0.1) is 6.04 Å². The fourth-order valence-corrected chi connectivity index (χ4v) is 2.84. The molecule has 12 heteroatoms. The van der Waals surface area contributed by atoms with Crippen LogP contribution in [0.1, 0.15) is 32.1 Å². The second-order valence-electron chi connectivity index (χ2n) is 6.82. The fourth-order valence-electron chi connectivity index (χ4n) is 2.84. The van der Waals surface area contributed by atoms with Gasteiger partial charge in [0.15, 0.2) is 5.96 Å². The van der Waals surface area contributed by atoms with Crippen LogP contribution in [0.15, 0.2) is 23.3 Å². The van der Waals surface area contributed by atoms with Crippen molar-refractivity contribution in [2.24, 2.45) is 22.2 Å². The lowest BCUT2D eigenvalue weighted by atomic mass is 10.1. The molecule has 164 valence electrons. The number of aromatic nitrogens is 3. The highest BCUT2D eigenvalue weighted by molar-refractivity contribution is 5.75. The Morgan fingerprint density at radius 3 is 2.67 bits per heavy atom. The number of hydrazine groups is 1. The second-order valence-corrected chi connectivity index (χ2v) is 6.82. The highest BCUT2D eigenvalue weighted by atomic mass is 16.1. The smallest absolute Gasteiger partial charge is 0.370 e. The molecule has 0 aliphatic rings. The number of fused-ring (bicyclic) bond motifs is 1. The number of anilines is 1. The molecule has 2 aromatic rings. The van der Waals surface area contributed by atoms with Crippen LogP contribution in [-0.4, -0.2) is 53.7 Å². The average molecular weight is 420 g/mol. The summed E-state index contributed by atoms with van der Waals surface area (Å²) in [4.78, 5) is 34.2. The minimum atomic E-state index is -0.431. The SMILES string of the molecule is NCCCC[C@@H](C=O)N[n+]1cccc2[nH]c(NN[C@H](C=O)CCCN=C(N)N)nc21. The zero-order valence-corrected chi connectivity index (χ0v) is 16.9. The van der Waals surface area contributed by atoms with E-state index in [-0.39, 0.29) is 12.0 Å². The molecule has 0 aromatic carbocycles. The summed E-state index contributed by atoms with van der Waals surface area (Å²) in [5.74, 6) is 0.470. The fraction of sp³-hybridized carbons (Fsp3) is 0.500. The number of unbranched alkanes of at least 4 members (excludes halogenated alkanes) is 1. The number of H-pyrrole nitrogens is 1.